The molecule has 5 nitrogen and oxygen atoms in total. The van der Waals surface area contributed by atoms with Gasteiger partial charge in [0, 0.05) is 25.8 Å². The highest BCUT2D eigenvalue weighted by molar-refractivity contribution is 7.07. The maximum absolute atomic E-state index is 12.5. The fourth-order valence-electron chi connectivity index (χ4n) is 3.36. The Morgan fingerprint density at radius 3 is 2.83 bits per heavy atom. The minimum absolute atomic E-state index is 0.223. The number of nitrogens with zero attached hydrogens (tertiary/aromatic N) is 1. The van der Waals surface area contributed by atoms with E-state index in [0.29, 0.717) is 12.1 Å². The summed E-state index contributed by atoms with van der Waals surface area (Å²) >= 11 is 1.59. The zero-order chi connectivity index (χ0) is 20.5. The highest BCUT2D eigenvalue weighted by atomic mass is 32.1. The lowest BCUT2D eigenvalue weighted by Crippen LogP contribution is -2.30. The number of hydrogen-bond donors (Lipinski definition) is 1. The van der Waals surface area contributed by atoms with Crippen LogP contribution in [0.25, 0.3) is 0 Å². The van der Waals surface area contributed by atoms with Crippen molar-refractivity contribution in [3.05, 3.63) is 63.9 Å². The molecule has 29 heavy (non-hydrogen) atoms. The number of carbonyl (C=O) groups is 2. The Morgan fingerprint density at radius 1 is 1.21 bits per heavy atom. The van der Waals surface area contributed by atoms with Crippen LogP contribution in [0, 0.1) is 0 Å². The highest BCUT2D eigenvalue weighted by Crippen LogP contribution is 2.21. The van der Waals surface area contributed by atoms with Crippen molar-refractivity contribution in [1.29, 1.82) is 0 Å². The summed E-state index contributed by atoms with van der Waals surface area (Å²) < 4.78 is 5.29. The van der Waals surface area contributed by atoms with Crippen LogP contribution in [0.1, 0.15) is 48.0 Å². The van der Waals surface area contributed by atoms with Crippen LogP contribution in [0.5, 0.6) is 0 Å². The molecule has 1 heterocycles. The van der Waals surface area contributed by atoms with E-state index in [0.717, 1.165) is 24.2 Å². The number of rotatable bonds is 9. The molecule has 0 radical (unpaired) electrons. The van der Waals surface area contributed by atoms with Crippen LogP contribution in [0.2, 0.25) is 0 Å². The number of carbonyl (C=O) groups excluding carboxylic acids is 2. The molecule has 6 heteroatoms. The minimum atomic E-state index is -0.484. The van der Waals surface area contributed by atoms with E-state index in [-0.39, 0.29) is 12.5 Å². The molecule has 1 aromatic carbocycles. The maximum Gasteiger partial charge on any atom is 0.340 e. The van der Waals surface area contributed by atoms with E-state index >= 15 is 0 Å². The molecule has 1 aliphatic carbocycles. The summed E-state index contributed by atoms with van der Waals surface area (Å²) in [5, 5.41) is 7.32. The molecule has 3 rings (SSSR count). The van der Waals surface area contributed by atoms with E-state index in [4.69, 9.17) is 4.74 Å². The van der Waals surface area contributed by atoms with Crippen molar-refractivity contribution in [1.82, 2.24) is 4.90 Å². The number of para-hydroxylation sites is 1. The Kier molecular flexibility index (Phi) is 7.87. The van der Waals surface area contributed by atoms with Gasteiger partial charge in [-0.1, -0.05) is 23.8 Å². The molecule has 154 valence electrons. The molecule has 1 N–H and O–H groups in total. The van der Waals surface area contributed by atoms with Crippen molar-refractivity contribution in [2.45, 2.75) is 38.6 Å². The molecule has 0 bridgehead atoms. The van der Waals surface area contributed by atoms with E-state index in [1.54, 1.807) is 35.4 Å². The van der Waals surface area contributed by atoms with E-state index in [1.165, 1.54) is 31.3 Å². The fourth-order valence-corrected chi connectivity index (χ4v) is 4.02. The summed E-state index contributed by atoms with van der Waals surface area (Å²) in [4.78, 5) is 26.4. The summed E-state index contributed by atoms with van der Waals surface area (Å²) in [6.45, 7) is 1.02. The second kappa shape index (κ2) is 10.8. The van der Waals surface area contributed by atoms with Crippen LogP contribution in [-0.4, -0.2) is 37.0 Å². The fraction of sp³-hybridized carbons (Fsp3) is 0.391. The van der Waals surface area contributed by atoms with Gasteiger partial charge in [-0.3, -0.25) is 4.79 Å². The molecular formula is C23H28N2O3S. The molecule has 1 aliphatic rings. The number of amides is 1. The molecule has 0 spiro atoms. The first-order valence-corrected chi connectivity index (χ1v) is 11.0. The van der Waals surface area contributed by atoms with Gasteiger partial charge in [-0.25, -0.2) is 4.79 Å². The van der Waals surface area contributed by atoms with Crippen LogP contribution in [0.4, 0.5) is 5.69 Å². The van der Waals surface area contributed by atoms with Gasteiger partial charge in [-0.2, -0.15) is 11.3 Å². The minimum Gasteiger partial charge on any atom is -0.452 e. The van der Waals surface area contributed by atoms with Gasteiger partial charge in [0.1, 0.15) is 0 Å². The third kappa shape index (κ3) is 6.46. The Balaban J connectivity index is 1.49. The molecule has 0 aliphatic heterocycles. The smallest absolute Gasteiger partial charge is 0.340 e. The van der Waals surface area contributed by atoms with Gasteiger partial charge in [0.05, 0.1) is 5.56 Å². The maximum atomic E-state index is 12.5. The summed E-state index contributed by atoms with van der Waals surface area (Å²) in [6.07, 6.45) is 8.22. The van der Waals surface area contributed by atoms with Crippen molar-refractivity contribution in [3.8, 4) is 0 Å². The highest BCUT2D eigenvalue weighted by Gasteiger charge is 2.16. The lowest BCUT2D eigenvalue weighted by molar-refractivity contribution is -0.133. The third-order valence-corrected chi connectivity index (χ3v) is 5.78. The Bertz CT molecular complexity index is 846. The third-order valence-electron chi connectivity index (χ3n) is 5.05. The number of thiophene rings is 1. The van der Waals surface area contributed by atoms with Gasteiger partial charge in [0.2, 0.25) is 0 Å². The van der Waals surface area contributed by atoms with Crippen LogP contribution in [0.15, 0.2) is 52.7 Å². The Hall–Kier alpha value is -2.60. The van der Waals surface area contributed by atoms with Gasteiger partial charge in [-0.05, 0) is 66.6 Å². The topological polar surface area (TPSA) is 58.6 Å². The van der Waals surface area contributed by atoms with Crippen LogP contribution >= 0.6 is 11.3 Å². The van der Waals surface area contributed by atoms with E-state index in [2.05, 4.69) is 11.4 Å². The van der Waals surface area contributed by atoms with Gasteiger partial charge >= 0.3 is 5.97 Å². The predicted molar refractivity (Wildman–Crippen MR) is 117 cm³/mol. The largest absolute Gasteiger partial charge is 0.452 e. The van der Waals surface area contributed by atoms with Crippen LogP contribution < -0.4 is 5.32 Å². The van der Waals surface area contributed by atoms with E-state index in [1.807, 2.05) is 29.0 Å². The van der Waals surface area contributed by atoms with Crippen molar-refractivity contribution in [2.75, 3.05) is 25.5 Å². The second-order valence-corrected chi connectivity index (χ2v) is 8.07. The van der Waals surface area contributed by atoms with Crippen LogP contribution in [-0.2, 0) is 16.1 Å². The van der Waals surface area contributed by atoms with Crippen molar-refractivity contribution >= 4 is 28.9 Å². The lowest BCUT2D eigenvalue weighted by atomic mass is 9.97. The first-order chi connectivity index (χ1) is 14.1. The first-order valence-electron chi connectivity index (χ1n) is 10.1. The van der Waals surface area contributed by atoms with Gasteiger partial charge in [0.15, 0.2) is 6.61 Å². The molecular weight excluding hydrogens is 384 g/mol. The zero-order valence-electron chi connectivity index (χ0n) is 16.9. The number of esters is 1. The summed E-state index contributed by atoms with van der Waals surface area (Å²) in [6, 6.07) is 9.26. The SMILES string of the molecule is CN(Cc1ccsc1)C(=O)COC(=O)c1ccccc1NCCC1=CCCCC1. The van der Waals surface area contributed by atoms with Crippen LogP contribution in [0.3, 0.4) is 0 Å². The van der Waals surface area contributed by atoms with Gasteiger partial charge in [-0.15, -0.1) is 0 Å². The molecule has 0 atom stereocenters. The van der Waals surface area contributed by atoms with Gasteiger partial charge < -0.3 is 15.0 Å². The monoisotopic (exact) mass is 412 g/mol. The normalized spacial score (nSPS) is 13.5. The molecule has 2 aromatic rings. The number of nitrogens with one attached hydrogen (secondary N) is 1. The van der Waals surface area contributed by atoms with Crippen molar-refractivity contribution in [2.24, 2.45) is 0 Å². The number of likely N-dealkylation sites (N-methyl/N-ethyl adjacent to an activating group) is 1. The molecule has 0 saturated heterocycles. The second-order valence-electron chi connectivity index (χ2n) is 7.29. The molecule has 1 aromatic heterocycles. The molecule has 0 fully saturated rings. The Morgan fingerprint density at radius 2 is 2.07 bits per heavy atom. The summed E-state index contributed by atoms with van der Waals surface area (Å²) in [5.41, 5.74) is 3.76. The molecule has 1 amide bonds. The first kappa shape index (κ1) is 21.1. The van der Waals surface area contributed by atoms with Crippen molar-refractivity contribution in [3.63, 3.8) is 0 Å². The Labute approximate surface area is 176 Å². The predicted octanol–water partition coefficient (Wildman–Crippen LogP) is 4.87. The zero-order valence-corrected chi connectivity index (χ0v) is 17.7. The number of allylic oxidation sites excluding steroid dienone is 1. The number of ether oxygens (including phenoxy) is 1. The van der Waals surface area contributed by atoms with E-state index in [9.17, 15) is 9.59 Å². The number of hydrogen-bond acceptors (Lipinski definition) is 5. The standard InChI is InChI=1S/C23H28N2O3S/c1-25(15-19-12-14-29-17-19)22(26)16-28-23(27)20-9-5-6-10-21(20)24-13-11-18-7-3-2-4-8-18/h5-7,9-10,12,14,17,24H,2-4,8,11,13,15-16H2,1H3. The molecule has 0 saturated carbocycles. The summed E-state index contributed by atoms with van der Waals surface area (Å²) in [5.74, 6) is -0.707. The average Bonchev–Trinajstić information content (AvgIpc) is 3.26. The van der Waals surface area contributed by atoms with E-state index < -0.39 is 5.97 Å². The molecule has 0 unspecified atom stereocenters. The average molecular weight is 413 g/mol. The quantitative estimate of drug-likeness (QED) is 0.472. The number of benzene rings is 1. The number of anilines is 1. The van der Waals surface area contributed by atoms with Gasteiger partial charge in [0.25, 0.3) is 5.91 Å². The summed E-state index contributed by atoms with van der Waals surface area (Å²) in [7, 11) is 1.71. The lowest BCUT2D eigenvalue weighted by Gasteiger charge is -2.17. The van der Waals surface area contributed by atoms with Crippen molar-refractivity contribution < 1.29 is 14.3 Å².